The molecule has 0 spiro atoms. The number of nitrogens with one attached hydrogen (secondary N) is 1. The minimum Gasteiger partial charge on any atom is -0.468 e. The fourth-order valence-electron chi connectivity index (χ4n) is 0.773. The Hall–Kier alpha value is -0.800. The topological polar surface area (TPSA) is 34.4 Å². The van der Waals surface area contributed by atoms with Gasteiger partial charge < -0.3 is 9.25 Å². The van der Waals surface area contributed by atoms with E-state index >= 15 is 0 Å². The van der Waals surface area contributed by atoms with E-state index in [4.69, 9.17) is 9.25 Å². The zero-order chi connectivity index (χ0) is 7.40. The highest BCUT2D eigenvalue weighted by atomic mass is 16.6. The Balaban J connectivity index is 2.50. The maximum absolute atomic E-state index is 5.11. The summed E-state index contributed by atoms with van der Waals surface area (Å²) in [5, 5.41) is 0. The largest absolute Gasteiger partial charge is 0.468 e. The number of furan rings is 1. The van der Waals surface area contributed by atoms with Crippen LogP contribution in [0.2, 0.25) is 0 Å². The van der Waals surface area contributed by atoms with Gasteiger partial charge in [-0.3, -0.25) is 0 Å². The summed E-state index contributed by atoms with van der Waals surface area (Å²) in [5.41, 5.74) is 2.75. The monoisotopic (exact) mass is 141 g/mol. The molecule has 3 nitrogen and oxygen atoms in total. The van der Waals surface area contributed by atoms with Crippen molar-refractivity contribution in [2.45, 2.75) is 13.0 Å². The standard InChI is InChI=1S/C7H11NO2/c1-6(8-9-2)7-4-3-5-10-7/h3-6,8H,1-2H3. The fourth-order valence-corrected chi connectivity index (χ4v) is 0.773. The molecule has 0 aliphatic heterocycles. The summed E-state index contributed by atoms with van der Waals surface area (Å²) < 4.78 is 5.11. The smallest absolute Gasteiger partial charge is 0.122 e. The van der Waals surface area contributed by atoms with E-state index in [0.29, 0.717) is 0 Å². The molecule has 0 fully saturated rings. The Kier molecular flexibility index (Phi) is 2.48. The number of hydroxylamine groups is 1. The van der Waals surface area contributed by atoms with Crippen LogP contribution in [0.15, 0.2) is 22.8 Å². The molecule has 56 valence electrons. The molecule has 0 aliphatic rings. The number of hydrogen-bond donors (Lipinski definition) is 1. The van der Waals surface area contributed by atoms with Gasteiger partial charge in [-0.1, -0.05) is 0 Å². The van der Waals surface area contributed by atoms with Crippen molar-refractivity contribution in [1.82, 2.24) is 5.48 Å². The zero-order valence-electron chi connectivity index (χ0n) is 6.13. The third-order valence-corrected chi connectivity index (χ3v) is 1.26. The molecule has 0 aromatic carbocycles. The first-order valence-corrected chi connectivity index (χ1v) is 3.16. The van der Waals surface area contributed by atoms with Crippen molar-refractivity contribution >= 4 is 0 Å². The Morgan fingerprint density at radius 3 is 3.00 bits per heavy atom. The van der Waals surface area contributed by atoms with E-state index in [9.17, 15) is 0 Å². The van der Waals surface area contributed by atoms with E-state index in [1.54, 1.807) is 13.4 Å². The first-order valence-electron chi connectivity index (χ1n) is 3.16. The van der Waals surface area contributed by atoms with Gasteiger partial charge in [0.05, 0.1) is 19.4 Å². The van der Waals surface area contributed by atoms with E-state index in [2.05, 4.69) is 5.48 Å². The number of rotatable bonds is 3. The molecule has 0 bridgehead atoms. The summed E-state index contributed by atoms with van der Waals surface area (Å²) in [4.78, 5) is 4.72. The van der Waals surface area contributed by atoms with Gasteiger partial charge in [0, 0.05) is 0 Å². The molecule has 1 aromatic rings. The van der Waals surface area contributed by atoms with Crippen LogP contribution in [-0.2, 0) is 4.84 Å². The van der Waals surface area contributed by atoms with Gasteiger partial charge in [-0.25, -0.2) is 0 Å². The van der Waals surface area contributed by atoms with Gasteiger partial charge in [-0.2, -0.15) is 5.48 Å². The first-order chi connectivity index (χ1) is 4.84. The molecule has 0 aliphatic carbocycles. The molecule has 1 aromatic heterocycles. The molecular weight excluding hydrogens is 130 g/mol. The normalized spacial score (nSPS) is 13.4. The van der Waals surface area contributed by atoms with E-state index in [1.165, 1.54) is 0 Å². The first kappa shape index (κ1) is 7.31. The van der Waals surface area contributed by atoms with Crippen molar-refractivity contribution in [3.8, 4) is 0 Å². The predicted octanol–water partition coefficient (Wildman–Crippen LogP) is 1.49. The molecule has 3 heteroatoms. The van der Waals surface area contributed by atoms with Crippen LogP contribution in [0.4, 0.5) is 0 Å². The highest BCUT2D eigenvalue weighted by Crippen LogP contribution is 2.11. The average Bonchev–Trinajstić information content (AvgIpc) is 2.38. The quantitative estimate of drug-likeness (QED) is 0.647. The van der Waals surface area contributed by atoms with Gasteiger partial charge in [0.25, 0.3) is 0 Å². The van der Waals surface area contributed by atoms with Crippen LogP contribution in [-0.4, -0.2) is 7.11 Å². The van der Waals surface area contributed by atoms with Gasteiger partial charge >= 0.3 is 0 Å². The molecule has 1 unspecified atom stereocenters. The number of hydrogen-bond acceptors (Lipinski definition) is 3. The highest BCUT2D eigenvalue weighted by molar-refractivity contribution is 5.01. The Morgan fingerprint density at radius 1 is 1.70 bits per heavy atom. The van der Waals surface area contributed by atoms with Crippen molar-refractivity contribution < 1.29 is 9.25 Å². The van der Waals surface area contributed by atoms with Crippen LogP contribution in [0, 0.1) is 0 Å². The van der Waals surface area contributed by atoms with Gasteiger partial charge in [0.15, 0.2) is 0 Å². The van der Waals surface area contributed by atoms with E-state index in [0.717, 1.165) is 5.76 Å². The lowest BCUT2D eigenvalue weighted by molar-refractivity contribution is 0.0595. The molecule has 1 rings (SSSR count). The lowest BCUT2D eigenvalue weighted by atomic mass is 10.3. The van der Waals surface area contributed by atoms with Gasteiger partial charge in [-0.05, 0) is 19.1 Å². The second kappa shape index (κ2) is 3.39. The van der Waals surface area contributed by atoms with Crippen molar-refractivity contribution in [3.63, 3.8) is 0 Å². The van der Waals surface area contributed by atoms with Gasteiger partial charge in [-0.15, -0.1) is 0 Å². The molecule has 1 heterocycles. The van der Waals surface area contributed by atoms with Crippen molar-refractivity contribution in [3.05, 3.63) is 24.2 Å². The second-order valence-corrected chi connectivity index (χ2v) is 2.06. The molecule has 0 amide bonds. The van der Waals surface area contributed by atoms with Crippen LogP contribution in [0.1, 0.15) is 18.7 Å². The molecule has 10 heavy (non-hydrogen) atoms. The molecule has 0 radical (unpaired) electrons. The van der Waals surface area contributed by atoms with E-state index in [1.807, 2.05) is 19.1 Å². The zero-order valence-corrected chi connectivity index (χ0v) is 6.13. The van der Waals surface area contributed by atoms with Gasteiger partial charge in [0.2, 0.25) is 0 Å². The maximum atomic E-state index is 5.11. The summed E-state index contributed by atoms with van der Waals surface area (Å²) in [7, 11) is 1.58. The van der Waals surface area contributed by atoms with Crippen LogP contribution >= 0.6 is 0 Å². The third-order valence-electron chi connectivity index (χ3n) is 1.26. The third kappa shape index (κ3) is 1.59. The van der Waals surface area contributed by atoms with Crippen LogP contribution < -0.4 is 5.48 Å². The highest BCUT2D eigenvalue weighted by Gasteiger charge is 2.05. The Bertz CT molecular complexity index is 172. The van der Waals surface area contributed by atoms with Crippen LogP contribution in [0.25, 0.3) is 0 Å². The Morgan fingerprint density at radius 2 is 2.50 bits per heavy atom. The fraction of sp³-hybridized carbons (Fsp3) is 0.429. The van der Waals surface area contributed by atoms with Crippen molar-refractivity contribution in [2.24, 2.45) is 0 Å². The summed E-state index contributed by atoms with van der Waals surface area (Å²) >= 11 is 0. The van der Waals surface area contributed by atoms with Gasteiger partial charge in [0.1, 0.15) is 5.76 Å². The average molecular weight is 141 g/mol. The van der Waals surface area contributed by atoms with Crippen LogP contribution in [0.3, 0.4) is 0 Å². The minimum atomic E-state index is 0.111. The van der Waals surface area contributed by atoms with E-state index < -0.39 is 0 Å². The molecule has 1 N–H and O–H groups in total. The second-order valence-electron chi connectivity index (χ2n) is 2.06. The summed E-state index contributed by atoms with van der Waals surface area (Å²) in [6.45, 7) is 1.96. The van der Waals surface area contributed by atoms with Crippen molar-refractivity contribution in [2.75, 3.05) is 7.11 Å². The Labute approximate surface area is 59.9 Å². The molecular formula is C7H11NO2. The van der Waals surface area contributed by atoms with Crippen LogP contribution in [0.5, 0.6) is 0 Å². The summed E-state index contributed by atoms with van der Waals surface area (Å²) in [6.07, 6.45) is 1.64. The maximum Gasteiger partial charge on any atom is 0.122 e. The molecule has 0 saturated carbocycles. The molecule has 1 atom stereocenters. The van der Waals surface area contributed by atoms with E-state index in [-0.39, 0.29) is 6.04 Å². The SMILES string of the molecule is CONC(C)c1ccco1. The predicted molar refractivity (Wildman–Crippen MR) is 37.3 cm³/mol. The summed E-state index contributed by atoms with van der Waals surface area (Å²) in [6, 6.07) is 3.86. The van der Waals surface area contributed by atoms with Crippen molar-refractivity contribution in [1.29, 1.82) is 0 Å². The minimum absolute atomic E-state index is 0.111. The lowest BCUT2D eigenvalue weighted by Crippen LogP contribution is -2.15. The summed E-state index contributed by atoms with van der Waals surface area (Å²) in [5.74, 6) is 0.877. The lowest BCUT2D eigenvalue weighted by Gasteiger charge is -2.07. The molecule has 0 saturated heterocycles.